The summed E-state index contributed by atoms with van der Waals surface area (Å²) in [5.41, 5.74) is 10.3. The highest BCUT2D eigenvalue weighted by Crippen LogP contribution is 2.32. The van der Waals surface area contributed by atoms with Gasteiger partial charge in [0.15, 0.2) is 5.82 Å². The van der Waals surface area contributed by atoms with Crippen molar-refractivity contribution in [2.45, 2.75) is 13.8 Å². The van der Waals surface area contributed by atoms with E-state index >= 15 is 0 Å². The SMILES string of the molecule is Cc1cccc(-n2nnnc2-c2cccc(N)c2Cl)c1C. The highest BCUT2D eigenvalue weighted by atomic mass is 35.5. The van der Waals surface area contributed by atoms with Crippen LogP contribution in [0, 0.1) is 13.8 Å². The number of nitrogen functional groups attached to an aromatic ring is 1. The van der Waals surface area contributed by atoms with Crippen LogP contribution in [0.1, 0.15) is 11.1 Å². The summed E-state index contributed by atoms with van der Waals surface area (Å²) in [5, 5.41) is 12.4. The van der Waals surface area contributed by atoms with Crippen molar-refractivity contribution in [2.75, 3.05) is 5.73 Å². The summed E-state index contributed by atoms with van der Waals surface area (Å²) < 4.78 is 1.68. The van der Waals surface area contributed by atoms with Crippen molar-refractivity contribution in [1.82, 2.24) is 20.2 Å². The zero-order chi connectivity index (χ0) is 15.0. The van der Waals surface area contributed by atoms with Crippen molar-refractivity contribution in [3.05, 3.63) is 52.5 Å². The lowest BCUT2D eigenvalue weighted by molar-refractivity contribution is 0.786. The van der Waals surface area contributed by atoms with Gasteiger partial charge in [0, 0.05) is 5.56 Å². The molecule has 0 aliphatic heterocycles. The molecule has 0 aliphatic rings. The minimum Gasteiger partial charge on any atom is -0.398 e. The monoisotopic (exact) mass is 299 g/mol. The molecule has 106 valence electrons. The summed E-state index contributed by atoms with van der Waals surface area (Å²) in [6.07, 6.45) is 0. The number of nitrogens with zero attached hydrogens (tertiary/aromatic N) is 4. The van der Waals surface area contributed by atoms with E-state index in [1.54, 1.807) is 10.7 Å². The van der Waals surface area contributed by atoms with Crippen LogP contribution in [0.25, 0.3) is 17.1 Å². The zero-order valence-electron chi connectivity index (χ0n) is 11.7. The smallest absolute Gasteiger partial charge is 0.188 e. The van der Waals surface area contributed by atoms with Gasteiger partial charge in [-0.2, -0.15) is 4.68 Å². The van der Waals surface area contributed by atoms with E-state index in [4.69, 9.17) is 17.3 Å². The Balaban J connectivity index is 2.22. The second-order valence-corrected chi connectivity index (χ2v) is 5.22. The molecule has 0 aliphatic carbocycles. The maximum Gasteiger partial charge on any atom is 0.188 e. The largest absolute Gasteiger partial charge is 0.398 e. The van der Waals surface area contributed by atoms with Crippen molar-refractivity contribution in [2.24, 2.45) is 0 Å². The Morgan fingerprint density at radius 2 is 1.86 bits per heavy atom. The van der Waals surface area contributed by atoms with Crippen LogP contribution >= 0.6 is 11.6 Å². The highest BCUT2D eigenvalue weighted by molar-refractivity contribution is 6.35. The van der Waals surface area contributed by atoms with Crippen LogP contribution in [-0.2, 0) is 0 Å². The van der Waals surface area contributed by atoms with Gasteiger partial charge in [0.1, 0.15) is 0 Å². The molecule has 3 rings (SSSR count). The average molecular weight is 300 g/mol. The first kappa shape index (κ1) is 13.6. The van der Waals surface area contributed by atoms with Crippen LogP contribution in [0.15, 0.2) is 36.4 Å². The first-order chi connectivity index (χ1) is 10.1. The topological polar surface area (TPSA) is 69.6 Å². The Hall–Kier alpha value is -2.40. The molecular formula is C15H14ClN5. The Labute approximate surface area is 127 Å². The Bertz CT molecular complexity index is 744. The standard InChI is InChI=1S/C15H14ClN5/c1-9-5-3-8-13(10(9)2)21-15(18-19-20-21)11-6-4-7-12(17)14(11)16/h3-8H,17H2,1-2H3. The molecule has 2 N–H and O–H groups in total. The molecule has 5 nitrogen and oxygen atoms in total. The Morgan fingerprint density at radius 1 is 1.10 bits per heavy atom. The molecule has 3 aromatic rings. The predicted octanol–water partition coefficient (Wildman–Crippen LogP) is 3.18. The van der Waals surface area contributed by atoms with Gasteiger partial charge in [-0.25, -0.2) is 0 Å². The van der Waals surface area contributed by atoms with Gasteiger partial charge >= 0.3 is 0 Å². The third kappa shape index (κ3) is 2.25. The molecule has 0 amide bonds. The fourth-order valence-electron chi connectivity index (χ4n) is 2.20. The van der Waals surface area contributed by atoms with Gasteiger partial charge in [-0.15, -0.1) is 5.10 Å². The van der Waals surface area contributed by atoms with Crippen LogP contribution < -0.4 is 5.73 Å². The number of halogens is 1. The van der Waals surface area contributed by atoms with Crippen LogP contribution in [0.3, 0.4) is 0 Å². The fraction of sp³-hybridized carbons (Fsp3) is 0.133. The number of aromatic nitrogens is 4. The second-order valence-electron chi connectivity index (χ2n) is 4.84. The van der Waals surface area contributed by atoms with Gasteiger partial charge in [0.25, 0.3) is 0 Å². The third-order valence-corrected chi connectivity index (χ3v) is 3.97. The van der Waals surface area contributed by atoms with Crippen molar-refractivity contribution in [1.29, 1.82) is 0 Å². The first-order valence-corrected chi connectivity index (χ1v) is 6.86. The quantitative estimate of drug-likeness (QED) is 0.738. The van der Waals surface area contributed by atoms with E-state index in [2.05, 4.69) is 28.5 Å². The molecule has 1 aromatic heterocycles. The van der Waals surface area contributed by atoms with Crippen LogP contribution in [0.4, 0.5) is 5.69 Å². The number of rotatable bonds is 2. The molecule has 2 aromatic carbocycles. The molecule has 21 heavy (non-hydrogen) atoms. The molecule has 0 fully saturated rings. The van der Waals surface area contributed by atoms with Crippen molar-refractivity contribution in [3.8, 4) is 17.1 Å². The number of aryl methyl sites for hydroxylation is 1. The lowest BCUT2D eigenvalue weighted by Crippen LogP contribution is -2.03. The van der Waals surface area contributed by atoms with E-state index in [9.17, 15) is 0 Å². The maximum atomic E-state index is 6.28. The molecule has 0 saturated heterocycles. The molecule has 0 atom stereocenters. The molecule has 0 radical (unpaired) electrons. The van der Waals surface area contributed by atoms with E-state index in [0.29, 0.717) is 22.1 Å². The number of tetrazole rings is 1. The normalized spacial score (nSPS) is 10.8. The van der Waals surface area contributed by atoms with Crippen molar-refractivity contribution in [3.63, 3.8) is 0 Å². The van der Waals surface area contributed by atoms with E-state index in [1.807, 2.05) is 31.2 Å². The molecule has 0 spiro atoms. The fourth-order valence-corrected chi connectivity index (χ4v) is 2.42. The zero-order valence-corrected chi connectivity index (χ0v) is 12.5. The lowest BCUT2D eigenvalue weighted by Gasteiger charge is -2.11. The number of hydrogen-bond acceptors (Lipinski definition) is 4. The van der Waals surface area contributed by atoms with E-state index in [0.717, 1.165) is 11.3 Å². The maximum absolute atomic E-state index is 6.28. The van der Waals surface area contributed by atoms with Crippen LogP contribution in [-0.4, -0.2) is 20.2 Å². The van der Waals surface area contributed by atoms with Gasteiger partial charge in [0.2, 0.25) is 0 Å². The summed E-state index contributed by atoms with van der Waals surface area (Å²) in [5.74, 6) is 0.570. The van der Waals surface area contributed by atoms with E-state index in [-0.39, 0.29) is 0 Å². The minimum absolute atomic E-state index is 0.457. The summed E-state index contributed by atoms with van der Waals surface area (Å²) in [7, 11) is 0. The van der Waals surface area contributed by atoms with Gasteiger partial charge in [-0.1, -0.05) is 29.8 Å². The molecular weight excluding hydrogens is 286 g/mol. The van der Waals surface area contributed by atoms with E-state index < -0.39 is 0 Å². The number of hydrogen-bond donors (Lipinski definition) is 1. The number of anilines is 1. The predicted molar refractivity (Wildman–Crippen MR) is 83.5 cm³/mol. The van der Waals surface area contributed by atoms with Crippen molar-refractivity contribution >= 4 is 17.3 Å². The summed E-state index contributed by atoms with van der Waals surface area (Å²) in [6, 6.07) is 11.4. The van der Waals surface area contributed by atoms with Crippen LogP contribution in [0.5, 0.6) is 0 Å². The minimum atomic E-state index is 0.457. The highest BCUT2D eigenvalue weighted by Gasteiger charge is 2.16. The number of benzene rings is 2. The molecule has 0 bridgehead atoms. The second kappa shape index (κ2) is 5.18. The molecule has 0 unspecified atom stereocenters. The summed E-state index contributed by atoms with van der Waals surface area (Å²) in [6.45, 7) is 4.09. The molecule has 6 heteroatoms. The van der Waals surface area contributed by atoms with Gasteiger partial charge in [-0.05, 0) is 53.6 Å². The lowest BCUT2D eigenvalue weighted by atomic mass is 10.1. The molecule has 1 heterocycles. The first-order valence-electron chi connectivity index (χ1n) is 6.49. The molecule has 0 saturated carbocycles. The van der Waals surface area contributed by atoms with Crippen molar-refractivity contribution < 1.29 is 0 Å². The van der Waals surface area contributed by atoms with Crippen LogP contribution in [0.2, 0.25) is 5.02 Å². The van der Waals surface area contributed by atoms with Gasteiger partial charge < -0.3 is 5.73 Å². The Morgan fingerprint density at radius 3 is 2.67 bits per heavy atom. The number of nitrogens with two attached hydrogens (primary N) is 1. The average Bonchev–Trinajstić information content (AvgIpc) is 2.94. The van der Waals surface area contributed by atoms with Gasteiger partial charge in [-0.3, -0.25) is 0 Å². The van der Waals surface area contributed by atoms with E-state index in [1.165, 1.54) is 5.56 Å². The summed E-state index contributed by atoms with van der Waals surface area (Å²) in [4.78, 5) is 0. The summed E-state index contributed by atoms with van der Waals surface area (Å²) >= 11 is 6.28. The Kier molecular flexibility index (Phi) is 3.35. The third-order valence-electron chi connectivity index (χ3n) is 3.54. The van der Waals surface area contributed by atoms with Gasteiger partial charge in [0.05, 0.1) is 16.4 Å².